The quantitative estimate of drug-likeness (QED) is 0.428. The van der Waals surface area contributed by atoms with Crippen molar-refractivity contribution >= 4 is 34.8 Å². The van der Waals surface area contributed by atoms with E-state index in [-0.39, 0.29) is 23.0 Å². The van der Waals surface area contributed by atoms with Gasteiger partial charge in [0, 0.05) is 29.3 Å². The lowest BCUT2D eigenvalue weighted by atomic mass is 10.1. The van der Waals surface area contributed by atoms with Crippen LogP contribution in [0.2, 0.25) is 0 Å². The molecule has 0 aliphatic carbocycles. The minimum absolute atomic E-state index is 0.0348. The number of amides is 2. The summed E-state index contributed by atoms with van der Waals surface area (Å²) in [4.78, 5) is 24.8. The highest BCUT2D eigenvalue weighted by Crippen LogP contribution is 2.15. The molecule has 6 nitrogen and oxygen atoms in total. The molecule has 0 heterocycles. The Morgan fingerprint density at radius 1 is 0.879 bits per heavy atom. The molecule has 0 unspecified atom stereocenters. The molecule has 33 heavy (non-hydrogen) atoms. The first-order valence-electron chi connectivity index (χ1n) is 10.7. The molecule has 7 heteroatoms. The minimum Gasteiger partial charge on any atom is -0.493 e. The van der Waals surface area contributed by atoms with Crippen LogP contribution in [0.1, 0.15) is 40.1 Å². The molecule has 0 radical (unpaired) electrons. The van der Waals surface area contributed by atoms with Crippen LogP contribution in [-0.4, -0.2) is 29.6 Å². The van der Waals surface area contributed by atoms with Crippen molar-refractivity contribution < 1.29 is 14.3 Å². The van der Waals surface area contributed by atoms with Gasteiger partial charge in [-0.05, 0) is 68.0 Å². The third-order valence-corrected chi connectivity index (χ3v) is 4.83. The monoisotopic (exact) mass is 461 g/mol. The second-order valence-corrected chi connectivity index (χ2v) is 8.14. The van der Waals surface area contributed by atoms with Crippen LogP contribution in [0.4, 0.5) is 5.69 Å². The summed E-state index contributed by atoms with van der Waals surface area (Å²) in [5, 5.41) is 8.58. The van der Waals surface area contributed by atoms with Gasteiger partial charge in [0.05, 0.1) is 6.61 Å². The molecule has 0 spiro atoms. The molecule has 0 fully saturated rings. The molecule has 0 bridgehead atoms. The number of anilines is 1. The maximum atomic E-state index is 12.6. The molecule has 0 saturated heterocycles. The molecule has 2 amide bonds. The first kappa shape index (κ1) is 23.9. The van der Waals surface area contributed by atoms with Gasteiger partial charge in [0.2, 0.25) is 0 Å². The van der Waals surface area contributed by atoms with Gasteiger partial charge in [-0.2, -0.15) is 0 Å². The SMILES string of the molecule is CC(C)NC(=O)c1cccc(NC(=S)NC(=O)c2cccc(OCCc3ccccc3)c2)c1. The molecule has 170 valence electrons. The molecule has 3 aromatic carbocycles. The summed E-state index contributed by atoms with van der Waals surface area (Å²) in [6, 6.07) is 24.0. The summed E-state index contributed by atoms with van der Waals surface area (Å²) in [6.45, 7) is 4.30. The Bertz CT molecular complexity index is 1120. The lowest BCUT2D eigenvalue weighted by Gasteiger charge is -2.12. The van der Waals surface area contributed by atoms with Crippen molar-refractivity contribution in [1.82, 2.24) is 10.6 Å². The third-order valence-electron chi connectivity index (χ3n) is 4.63. The van der Waals surface area contributed by atoms with E-state index in [9.17, 15) is 9.59 Å². The largest absolute Gasteiger partial charge is 0.493 e. The third kappa shape index (κ3) is 7.73. The molecular weight excluding hydrogens is 434 g/mol. The summed E-state index contributed by atoms with van der Waals surface area (Å²) in [5.41, 5.74) is 2.73. The predicted molar refractivity (Wildman–Crippen MR) is 135 cm³/mol. The zero-order valence-electron chi connectivity index (χ0n) is 18.6. The molecule has 3 aromatic rings. The summed E-state index contributed by atoms with van der Waals surface area (Å²) in [6.07, 6.45) is 0.777. The fraction of sp³-hybridized carbons (Fsp3) is 0.192. The summed E-state index contributed by atoms with van der Waals surface area (Å²) in [5.74, 6) is 0.0868. The molecule has 0 aliphatic rings. The maximum Gasteiger partial charge on any atom is 0.257 e. The van der Waals surface area contributed by atoms with Gasteiger partial charge < -0.3 is 15.4 Å². The molecular formula is C26H27N3O3S. The number of benzene rings is 3. The van der Waals surface area contributed by atoms with E-state index in [1.54, 1.807) is 42.5 Å². The number of hydrogen-bond donors (Lipinski definition) is 3. The van der Waals surface area contributed by atoms with Gasteiger partial charge in [-0.25, -0.2) is 0 Å². The Morgan fingerprint density at radius 2 is 1.58 bits per heavy atom. The Morgan fingerprint density at radius 3 is 2.30 bits per heavy atom. The first-order chi connectivity index (χ1) is 15.9. The minimum atomic E-state index is -0.352. The molecule has 0 atom stereocenters. The van der Waals surface area contributed by atoms with Crippen LogP contribution in [-0.2, 0) is 6.42 Å². The van der Waals surface area contributed by atoms with Gasteiger partial charge in [0.25, 0.3) is 11.8 Å². The summed E-state index contributed by atoms with van der Waals surface area (Å²) in [7, 11) is 0. The summed E-state index contributed by atoms with van der Waals surface area (Å²) < 4.78 is 5.80. The van der Waals surface area contributed by atoms with E-state index in [0.29, 0.717) is 29.2 Å². The number of ether oxygens (including phenoxy) is 1. The van der Waals surface area contributed by atoms with Gasteiger partial charge in [-0.15, -0.1) is 0 Å². The fourth-order valence-electron chi connectivity index (χ4n) is 3.08. The van der Waals surface area contributed by atoms with E-state index in [1.165, 1.54) is 5.56 Å². The molecule has 0 aliphatic heterocycles. The maximum absolute atomic E-state index is 12.6. The van der Waals surface area contributed by atoms with E-state index >= 15 is 0 Å². The normalized spacial score (nSPS) is 10.4. The number of rotatable bonds is 8. The Balaban J connectivity index is 1.54. The first-order valence-corrected chi connectivity index (χ1v) is 11.1. The van der Waals surface area contributed by atoms with Gasteiger partial charge in [0.1, 0.15) is 5.75 Å². The van der Waals surface area contributed by atoms with Gasteiger partial charge in [-0.1, -0.05) is 42.5 Å². The van der Waals surface area contributed by atoms with Gasteiger partial charge in [-0.3, -0.25) is 14.9 Å². The van der Waals surface area contributed by atoms with Crippen LogP contribution in [0.25, 0.3) is 0 Å². The standard InChI is InChI=1S/C26H27N3O3S/c1-18(2)27-24(30)20-10-6-12-22(16-20)28-26(33)29-25(31)21-11-7-13-23(17-21)32-15-14-19-8-4-3-5-9-19/h3-13,16-18H,14-15H2,1-2H3,(H,27,30)(H2,28,29,31,33). The second kappa shape index (κ2) is 11.8. The van der Waals surface area contributed by atoms with E-state index in [1.807, 2.05) is 50.2 Å². The van der Waals surface area contributed by atoms with Gasteiger partial charge in [0.15, 0.2) is 5.11 Å². The number of carbonyl (C=O) groups excluding carboxylic acids is 2. The van der Waals surface area contributed by atoms with Crippen molar-refractivity contribution in [1.29, 1.82) is 0 Å². The predicted octanol–water partition coefficient (Wildman–Crippen LogP) is 4.57. The van der Waals surface area contributed by atoms with Crippen LogP contribution < -0.4 is 20.7 Å². The molecule has 0 saturated carbocycles. The van der Waals surface area contributed by atoms with Crippen molar-refractivity contribution in [2.75, 3.05) is 11.9 Å². The van der Waals surface area contributed by atoms with E-state index in [2.05, 4.69) is 16.0 Å². The molecule has 3 rings (SSSR count). The Labute approximate surface area is 199 Å². The zero-order chi connectivity index (χ0) is 23.6. The zero-order valence-corrected chi connectivity index (χ0v) is 19.4. The molecule has 3 N–H and O–H groups in total. The second-order valence-electron chi connectivity index (χ2n) is 7.73. The smallest absolute Gasteiger partial charge is 0.257 e. The number of thiocarbonyl (C=S) groups is 1. The highest BCUT2D eigenvalue weighted by atomic mass is 32.1. The van der Waals surface area contributed by atoms with E-state index in [4.69, 9.17) is 17.0 Å². The number of carbonyl (C=O) groups is 2. The van der Waals surface area contributed by atoms with E-state index in [0.717, 1.165) is 6.42 Å². The fourth-order valence-corrected chi connectivity index (χ4v) is 3.29. The van der Waals surface area contributed by atoms with Crippen LogP contribution in [0.3, 0.4) is 0 Å². The average molecular weight is 462 g/mol. The Hall–Kier alpha value is -3.71. The van der Waals surface area contributed by atoms with E-state index < -0.39 is 0 Å². The number of nitrogens with one attached hydrogen (secondary N) is 3. The van der Waals surface area contributed by atoms with Crippen LogP contribution >= 0.6 is 12.2 Å². The van der Waals surface area contributed by atoms with Crippen LogP contribution in [0, 0.1) is 0 Å². The number of hydrogen-bond acceptors (Lipinski definition) is 4. The van der Waals surface area contributed by atoms with Crippen LogP contribution in [0.15, 0.2) is 78.9 Å². The van der Waals surface area contributed by atoms with Crippen molar-refractivity contribution in [3.05, 3.63) is 95.6 Å². The lowest BCUT2D eigenvalue weighted by Crippen LogP contribution is -2.34. The van der Waals surface area contributed by atoms with Gasteiger partial charge >= 0.3 is 0 Å². The van der Waals surface area contributed by atoms with Crippen molar-refractivity contribution in [3.63, 3.8) is 0 Å². The average Bonchev–Trinajstić information content (AvgIpc) is 2.79. The van der Waals surface area contributed by atoms with Crippen LogP contribution in [0.5, 0.6) is 5.75 Å². The topological polar surface area (TPSA) is 79.5 Å². The van der Waals surface area contributed by atoms with Crippen molar-refractivity contribution in [2.24, 2.45) is 0 Å². The highest BCUT2D eigenvalue weighted by Gasteiger charge is 2.11. The highest BCUT2D eigenvalue weighted by molar-refractivity contribution is 7.80. The molecule has 0 aromatic heterocycles. The van der Waals surface area contributed by atoms with Crippen molar-refractivity contribution in [3.8, 4) is 5.75 Å². The lowest BCUT2D eigenvalue weighted by molar-refractivity contribution is 0.0941. The Kier molecular flexibility index (Phi) is 8.55. The summed E-state index contributed by atoms with van der Waals surface area (Å²) >= 11 is 5.27. The van der Waals surface area contributed by atoms with Crippen molar-refractivity contribution in [2.45, 2.75) is 26.3 Å².